The Labute approximate surface area is 125 Å². The van der Waals surface area contributed by atoms with Gasteiger partial charge in [-0.05, 0) is 29.8 Å². The van der Waals surface area contributed by atoms with Gasteiger partial charge in [0, 0.05) is 29.0 Å². The fourth-order valence-corrected chi connectivity index (χ4v) is 2.95. The van der Waals surface area contributed by atoms with Gasteiger partial charge in [-0.1, -0.05) is 34.1 Å². The van der Waals surface area contributed by atoms with Gasteiger partial charge in [-0.2, -0.15) is 0 Å². The summed E-state index contributed by atoms with van der Waals surface area (Å²) < 4.78 is 14.4. The zero-order valence-electron chi connectivity index (χ0n) is 10.7. The highest BCUT2D eigenvalue weighted by atomic mass is 79.9. The third kappa shape index (κ3) is 2.48. The van der Waals surface area contributed by atoms with Gasteiger partial charge in [0.1, 0.15) is 5.82 Å². The van der Waals surface area contributed by atoms with E-state index in [-0.39, 0.29) is 17.3 Å². The number of carbonyl (C=O) groups is 1. The van der Waals surface area contributed by atoms with Crippen molar-refractivity contribution in [2.24, 2.45) is 0 Å². The molecule has 2 nitrogen and oxygen atoms in total. The summed E-state index contributed by atoms with van der Waals surface area (Å²) in [6.45, 7) is 0.723. The number of benzene rings is 2. The van der Waals surface area contributed by atoms with E-state index in [1.807, 2.05) is 24.3 Å². The highest BCUT2D eigenvalue weighted by molar-refractivity contribution is 9.10. The van der Waals surface area contributed by atoms with Crippen LogP contribution in [0.1, 0.15) is 28.3 Å². The number of fused-ring (bicyclic) bond motifs is 1. The molecule has 2 aromatic carbocycles. The topological polar surface area (TPSA) is 29.1 Å². The number of Topliss-reactive ketones (excluding diaryl/α,β-unsaturated/α-hetero) is 1. The Bertz CT molecular complexity index is 671. The fourth-order valence-electron chi connectivity index (χ4n) is 2.58. The van der Waals surface area contributed by atoms with Crippen LogP contribution in [0.15, 0.2) is 46.9 Å². The number of ketones is 1. The molecular formula is C16H13BrFNO. The van der Waals surface area contributed by atoms with Gasteiger partial charge in [0.25, 0.3) is 0 Å². The molecule has 1 atom stereocenters. The van der Waals surface area contributed by atoms with Crippen molar-refractivity contribution in [2.45, 2.75) is 12.3 Å². The van der Waals surface area contributed by atoms with E-state index < -0.39 is 5.82 Å². The average molecular weight is 334 g/mol. The van der Waals surface area contributed by atoms with E-state index in [4.69, 9.17) is 0 Å². The maximum atomic E-state index is 13.7. The fraction of sp³-hybridized carbons (Fsp3) is 0.188. The molecule has 0 amide bonds. The number of halogens is 2. The molecule has 0 bridgehead atoms. The van der Waals surface area contributed by atoms with Crippen molar-refractivity contribution in [3.63, 3.8) is 0 Å². The van der Waals surface area contributed by atoms with Crippen LogP contribution in [0, 0.1) is 5.82 Å². The first kappa shape index (κ1) is 13.3. The third-order valence-corrected chi connectivity index (χ3v) is 4.09. The van der Waals surface area contributed by atoms with E-state index in [9.17, 15) is 9.18 Å². The Morgan fingerprint density at radius 2 is 2.10 bits per heavy atom. The van der Waals surface area contributed by atoms with E-state index in [0.717, 1.165) is 17.8 Å². The quantitative estimate of drug-likeness (QED) is 0.845. The molecule has 0 aromatic heterocycles. The summed E-state index contributed by atoms with van der Waals surface area (Å²) in [5.74, 6) is -0.512. The van der Waals surface area contributed by atoms with Gasteiger partial charge in [0.05, 0.1) is 5.56 Å². The number of para-hydroxylation sites is 1. The largest absolute Gasteiger partial charge is 0.384 e. The Hall–Kier alpha value is -1.68. The molecule has 1 aliphatic heterocycles. The molecule has 0 spiro atoms. The van der Waals surface area contributed by atoms with Crippen molar-refractivity contribution in [3.05, 3.63) is 63.9 Å². The smallest absolute Gasteiger partial charge is 0.166 e. The normalized spacial score (nSPS) is 16.6. The van der Waals surface area contributed by atoms with Crippen molar-refractivity contribution < 1.29 is 9.18 Å². The lowest BCUT2D eigenvalue weighted by atomic mass is 9.93. The number of hydrogen-bond donors (Lipinski definition) is 1. The van der Waals surface area contributed by atoms with E-state index in [1.165, 1.54) is 6.07 Å². The SMILES string of the molecule is O=C(CC1CNc2ccccc21)c1cc(Br)ccc1F. The van der Waals surface area contributed by atoms with Crippen LogP contribution in [0.5, 0.6) is 0 Å². The highest BCUT2D eigenvalue weighted by Crippen LogP contribution is 2.34. The molecule has 1 N–H and O–H groups in total. The molecule has 20 heavy (non-hydrogen) atoms. The van der Waals surface area contributed by atoms with E-state index in [0.29, 0.717) is 10.9 Å². The zero-order chi connectivity index (χ0) is 14.1. The van der Waals surface area contributed by atoms with Gasteiger partial charge < -0.3 is 5.32 Å². The van der Waals surface area contributed by atoms with Crippen LogP contribution in [0.4, 0.5) is 10.1 Å². The standard InChI is InChI=1S/C16H13BrFNO/c17-11-5-6-14(18)13(8-11)16(20)7-10-9-19-15-4-2-1-3-12(10)15/h1-6,8,10,19H,7,9H2. The summed E-state index contributed by atoms with van der Waals surface area (Å²) in [6.07, 6.45) is 0.317. The van der Waals surface area contributed by atoms with Gasteiger partial charge in [0.2, 0.25) is 0 Å². The first-order valence-electron chi connectivity index (χ1n) is 6.46. The Kier molecular flexibility index (Phi) is 3.57. The number of rotatable bonds is 3. The molecule has 0 fully saturated rings. The van der Waals surface area contributed by atoms with Gasteiger partial charge in [0.15, 0.2) is 5.78 Å². The molecule has 0 saturated heterocycles. The summed E-state index contributed by atoms with van der Waals surface area (Å²) in [4.78, 5) is 12.3. The molecule has 3 rings (SSSR count). The second-order valence-electron chi connectivity index (χ2n) is 4.92. The maximum absolute atomic E-state index is 13.7. The number of carbonyl (C=O) groups excluding carboxylic acids is 1. The predicted molar refractivity (Wildman–Crippen MR) is 80.7 cm³/mol. The first-order chi connectivity index (χ1) is 9.65. The zero-order valence-corrected chi connectivity index (χ0v) is 12.3. The molecule has 1 unspecified atom stereocenters. The molecule has 2 aromatic rings. The molecule has 102 valence electrons. The number of anilines is 1. The van der Waals surface area contributed by atoms with Gasteiger partial charge in [-0.25, -0.2) is 4.39 Å². The first-order valence-corrected chi connectivity index (χ1v) is 7.25. The van der Waals surface area contributed by atoms with Crippen LogP contribution in [0.25, 0.3) is 0 Å². The van der Waals surface area contributed by atoms with Gasteiger partial charge >= 0.3 is 0 Å². The Morgan fingerprint density at radius 3 is 2.95 bits per heavy atom. The lowest BCUT2D eigenvalue weighted by Crippen LogP contribution is -2.11. The summed E-state index contributed by atoms with van der Waals surface area (Å²) in [6, 6.07) is 12.4. The third-order valence-electron chi connectivity index (χ3n) is 3.60. The minimum absolute atomic E-state index is 0.108. The lowest BCUT2D eigenvalue weighted by molar-refractivity contribution is 0.0971. The van der Waals surface area contributed by atoms with Crippen LogP contribution >= 0.6 is 15.9 Å². The van der Waals surface area contributed by atoms with Crippen molar-refractivity contribution in [2.75, 3.05) is 11.9 Å². The molecule has 1 heterocycles. The van der Waals surface area contributed by atoms with Crippen LogP contribution < -0.4 is 5.32 Å². The molecule has 1 aliphatic rings. The second kappa shape index (κ2) is 5.37. The molecule has 0 aliphatic carbocycles. The van der Waals surface area contributed by atoms with Crippen molar-refractivity contribution in [1.82, 2.24) is 0 Å². The number of nitrogens with one attached hydrogen (secondary N) is 1. The van der Waals surface area contributed by atoms with Crippen LogP contribution in [0.3, 0.4) is 0 Å². The molecule has 4 heteroatoms. The minimum Gasteiger partial charge on any atom is -0.384 e. The predicted octanol–water partition coefficient (Wildman–Crippen LogP) is 4.37. The van der Waals surface area contributed by atoms with Gasteiger partial charge in [-0.15, -0.1) is 0 Å². The van der Waals surface area contributed by atoms with Crippen molar-refractivity contribution >= 4 is 27.4 Å². The van der Waals surface area contributed by atoms with Crippen LogP contribution in [-0.2, 0) is 0 Å². The molecule has 0 saturated carbocycles. The molecule has 0 radical (unpaired) electrons. The van der Waals surface area contributed by atoms with Crippen LogP contribution in [-0.4, -0.2) is 12.3 Å². The monoisotopic (exact) mass is 333 g/mol. The maximum Gasteiger partial charge on any atom is 0.166 e. The summed E-state index contributed by atoms with van der Waals surface area (Å²) in [7, 11) is 0. The summed E-state index contributed by atoms with van der Waals surface area (Å²) in [5.41, 5.74) is 2.36. The summed E-state index contributed by atoms with van der Waals surface area (Å²) in [5, 5.41) is 3.28. The van der Waals surface area contributed by atoms with Gasteiger partial charge in [-0.3, -0.25) is 4.79 Å². The highest BCUT2D eigenvalue weighted by Gasteiger charge is 2.25. The van der Waals surface area contributed by atoms with E-state index in [1.54, 1.807) is 12.1 Å². The molecular weight excluding hydrogens is 321 g/mol. The second-order valence-corrected chi connectivity index (χ2v) is 5.83. The average Bonchev–Trinajstić information content (AvgIpc) is 2.85. The Morgan fingerprint density at radius 1 is 1.30 bits per heavy atom. The van der Waals surface area contributed by atoms with Crippen LogP contribution in [0.2, 0.25) is 0 Å². The minimum atomic E-state index is -0.461. The Balaban J connectivity index is 1.82. The van der Waals surface area contributed by atoms with E-state index in [2.05, 4.69) is 21.2 Å². The van der Waals surface area contributed by atoms with Crippen molar-refractivity contribution in [3.8, 4) is 0 Å². The van der Waals surface area contributed by atoms with Crippen molar-refractivity contribution in [1.29, 1.82) is 0 Å². The van der Waals surface area contributed by atoms with E-state index >= 15 is 0 Å². The lowest BCUT2D eigenvalue weighted by Gasteiger charge is -2.10. The number of hydrogen-bond acceptors (Lipinski definition) is 2. The summed E-state index contributed by atoms with van der Waals surface area (Å²) >= 11 is 3.27.